The van der Waals surface area contributed by atoms with E-state index >= 15 is 0 Å². The molecule has 0 aromatic heterocycles. The number of hydrogen-bond acceptors (Lipinski definition) is 2. The van der Waals surface area contributed by atoms with E-state index in [-0.39, 0.29) is 17.0 Å². The summed E-state index contributed by atoms with van der Waals surface area (Å²) in [7, 11) is 0. The fourth-order valence-corrected chi connectivity index (χ4v) is 3.38. The molecule has 2 unspecified atom stereocenters. The molecule has 0 heterocycles. The Kier molecular flexibility index (Phi) is 5.59. The van der Waals surface area contributed by atoms with Crippen molar-refractivity contribution in [2.45, 2.75) is 38.6 Å². The van der Waals surface area contributed by atoms with Crippen LogP contribution in [0.2, 0.25) is 5.02 Å². The normalized spacial score (nSPS) is 22.1. The van der Waals surface area contributed by atoms with Crippen LogP contribution >= 0.6 is 11.6 Å². The van der Waals surface area contributed by atoms with Crippen molar-refractivity contribution in [2.24, 2.45) is 11.7 Å². The molecule has 1 aliphatic carbocycles. The molecular weight excluding hydrogens is 291 g/mol. The lowest BCUT2D eigenvalue weighted by molar-refractivity contribution is 0.0560. The molecule has 2 N–H and O–H groups in total. The molecule has 0 spiro atoms. The van der Waals surface area contributed by atoms with Crippen LogP contribution in [0.3, 0.4) is 0 Å². The summed E-state index contributed by atoms with van der Waals surface area (Å²) in [4.78, 5) is 14.6. The van der Waals surface area contributed by atoms with Gasteiger partial charge in [0.1, 0.15) is 5.82 Å². The third-order valence-electron chi connectivity index (χ3n) is 4.34. The van der Waals surface area contributed by atoms with E-state index in [1.165, 1.54) is 24.6 Å². The van der Waals surface area contributed by atoms with Gasteiger partial charge in [-0.15, -0.1) is 0 Å². The third-order valence-corrected chi connectivity index (χ3v) is 4.63. The van der Waals surface area contributed by atoms with Crippen molar-refractivity contribution in [2.75, 3.05) is 13.1 Å². The van der Waals surface area contributed by atoms with Crippen molar-refractivity contribution in [3.8, 4) is 0 Å². The minimum Gasteiger partial charge on any atom is -0.336 e. The lowest BCUT2D eigenvalue weighted by Crippen LogP contribution is -2.48. The Morgan fingerprint density at radius 1 is 1.43 bits per heavy atom. The van der Waals surface area contributed by atoms with Crippen LogP contribution in [0.4, 0.5) is 4.39 Å². The van der Waals surface area contributed by atoms with Crippen molar-refractivity contribution in [1.82, 2.24) is 4.90 Å². The van der Waals surface area contributed by atoms with Crippen LogP contribution in [-0.4, -0.2) is 29.9 Å². The number of carbonyl (C=O) groups excluding carboxylic acids is 1. The molecule has 116 valence electrons. The van der Waals surface area contributed by atoms with Crippen LogP contribution in [0.5, 0.6) is 0 Å². The second-order valence-corrected chi connectivity index (χ2v) is 5.97. The lowest BCUT2D eigenvalue weighted by Gasteiger charge is -2.39. The first-order valence-electron chi connectivity index (χ1n) is 7.54. The summed E-state index contributed by atoms with van der Waals surface area (Å²) >= 11 is 5.78. The van der Waals surface area contributed by atoms with Crippen LogP contribution in [-0.2, 0) is 0 Å². The monoisotopic (exact) mass is 312 g/mol. The number of rotatable bonds is 4. The molecule has 1 saturated carbocycles. The summed E-state index contributed by atoms with van der Waals surface area (Å²) in [5, 5.41) is -0.0177. The molecule has 2 atom stereocenters. The van der Waals surface area contributed by atoms with Gasteiger partial charge in [-0.1, -0.05) is 24.4 Å². The number of nitrogens with zero attached hydrogens (tertiary/aromatic N) is 1. The summed E-state index contributed by atoms with van der Waals surface area (Å²) in [6, 6.07) is 4.31. The summed E-state index contributed by atoms with van der Waals surface area (Å²) in [6.45, 7) is 3.18. The van der Waals surface area contributed by atoms with E-state index in [4.69, 9.17) is 17.3 Å². The molecule has 3 nitrogen and oxygen atoms in total. The molecule has 1 aromatic rings. The van der Waals surface area contributed by atoms with Crippen LogP contribution in [0, 0.1) is 11.7 Å². The first-order chi connectivity index (χ1) is 10.1. The van der Waals surface area contributed by atoms with E-state index < -0.39 is 5.82 Å². The number of amides is 1. The van der Waals surface area contributed by atoms with Gasteiger partial charge in [0.05, 0.1) is 5.02 Å². The molecule has 1 aliphatic rings. The molecule has 21 heavy (non-hydrogen) atoms. The van der Waals surface area contributed by atoms with E-state index in [9.17, 15) is 9.18 Å². The molecule has 0 radical (unpaired) electrons. The Morgan fingerprint density at radius 2 is 2.14 bits per heavy atom. The van der Waals surface area contributed by atoms with Crippen molar-refractivity contribution in [1.29, 1.82) is 0 Å². The van der Waals surface area contributed by atoms with Gasteiger partial charge < -0.3 is 10.6 Å². The smallest absolute Gasteiger partial charge is 0.254 e. The highest BCUT2D eigenvalue weighted by atomic mass is 35.5. The van der Waals surface area contributed by atoms with E-state index in [1.807, 2.05) is 11.8 Å². The van der Waals surface area contributed by atoms with Gasteiger partial charge in [0.25, 0.3) is 5.91 Å². The number of carbonyl (C=O) groups is 1. The number of nitrogens with two attached hydrogens (primary N) is 1. The van der Waals surface area contributed by atoms with E-state index in [0.717, 1.165) is 19.3 Å². The zero-order chi connectivity index (χ0) is 15.4. The van der Waals surface area contributed by atoms with E-state index in [1.54, 1.807) is 0 Å². The molecule has 0 bridgehead atoms. The molecular formula is C16H22ClFN2O. The second-order valence-electron chi connectivity index (χ2n) is 5.57. The SMILES string of the molecule is CCN(C(=O)c1ccc(F)c(Cl)c1)C1CCCCC1CN. The van der Waals surface area contributed by atoms with Crippen molar-refractivity contribution >= 4 is 17.5 Å². The van der Waals surface area contributed by atoms with Crippen molar-refractivity contribution in [3.63, 3.8) is 0 Å². The maximum Gasteiger partial charge on any atom is 0.254 e. The highest BCUT2D eigenvalue weighted by Gasteiger charge is 2.31. The minimum absolute atomic E-state index is 0.0177. The summed E-state index contributed by atoms with van der Waals surface area (Å²) in [5.41, 5.74) is 6.30. The molecule has 1 amide bonds. The third kappa shape index (κ3) is 3.55. The largest absolute Gasteiger partial charge is 0.336 e. The molecule has 0 aliphatic heterocycles. The number of halogens is 2. The second kappa shape index (κ2) is 7.23. The average Bonchev–Trinajstić information content (AvgIpc) is 2.51. The Labute approximate surface area is 130 Å². The Morgan fingerprint density at radius 3 is 2.76 bits per heavy atom. The number of benzene rings is 1. The minimum atomic E-state index is -0.506. The van der Waals surface area contributed by atoms with Gasteiger partial charge in [0, 0.05) is 18.2 Å². The van der Waals surface area contributed by atoms with E-state index in [2.05, 4.69) is 0 Å². The quantitative estimate of drug-likeness (QED) is 0.925. The molecule has 2 rings (SSSR count). The Hall–Kier alpha value is -1.13. The predicted molar refractivity (Wildman–Crippen MR) is 82.9 cm³/mol. The van der Waals surface area contributed by atoms with E-state index in [0.29, 0.717) is 24.6 Å². The van der Waals surface area contributed by atoms with Gasteiger partial charge in [-0.05, 0) is 50.4 Å². The van der Waals surface area contributed by atoms with Crippen LogP contribution in [0.15, 0.2) is 18.2 Å². The highest BCUT2D eigenvalue weighted by Crippen LogP contribution is 2.29. The molecule has 1 fully saturated rings. The zero-order valence-electron chi connectivity index (χ0n) is 12.3. The van der Waals surface area contributed by atoms with Crippen molar-refractivity contribution in [3.05, 3.63) is 34.6 Å². The standard InChI is InChI=1S/C16H22ClFN2O/c1-2-20(15-6-4-3-5-12(15)10-19)16(21)11-7-8-14(18)13(17)9-11/h7-9,12,15H,2-6,10,19H2,1H3. The maximum absolute atomic E-state index is 13.2. The highest BCUT2D eigenvalue weighted by molar-refractivity contribution is 6.31. The number of hydrogen-bond donors (Lipinski definition) is 1. The fraction of sp³-hybridized carbons (Fsp3) is 0.562. The van der Waals surface area contributed by atoms with Gasteiger partial charge >= 0.3 is 0 Å². The lowest BCUT2D eigenvalue weighted by atomic mass is 9.83. The maximum atomic E-state index is 13.2. The van der Waals surface area contributed by atoms with Crippen LogP contribution in [0.1, 0.15) is 43.0 Å². The summed E-state index contributed by atoms with van der Waals surface area (Å²) in [6.07, 6.45) is 4.34. The Bertz CT molecular complexity index is 509. The first kappa shape index (κ1) is 16.2. The predicted octanol–water partition coefficient (Wildman–Crippen LogP) is 3.46. The van der Waals surface area contributed by atoms with Gasteiger partial charge in [-0.3, -0.25) is 4.79 Å². The molecule has 5 heteroatoms. The fourth-order valence-electron chi connectivity index (χ4n) is 3.20. The van der Waals surface area contributed by atoms with Gasteiger partial charge in [0.15, 0.2) is 0 Å². The molecule has 0 saturated heterocycles. The molecule has 1 aromatic carbocycles. The van der Waals surface area contributed by atoms with Gasteiger partial charge in [0.2, 0.25) is 0 Å². The summed E-state index contributed by atoms with van der Waals surface area (Å²) < 4.78 is 13.2. The zero-order valence-corrected chi connectivity index (χ0v) is 13.1. The first-order valence-corrected chi connectivity index (χ1v) is 7.92. The average molecular weight is 313 g/mol. The van der Waals surface area contributed by atoms with Crippen molar-refractivity contribution < 1.29 is 9.18 Å². The Balaban J connectivity index is 2.22. The summed E-state index contributed by atoms with van der Waals surface area (Å²) in [5.74, 6) is -0.253. The topological polar surface area (TPSA) is 46.3 Å². The van der Waals surface area contributed by atoms with Crippen LogP contribution in [0.25, 0.3) is 0 Å². The van der Waals surface area contributed by atoms with Crippen LogP contribution < -0.4 is 5.73 Å². The van der Waals surface area contributed by atoms with Gasteiger partial charge in [-0.25, -0.2) is 4.39 Å². The van der Waals surface area contributed by atoms with Gasteiger partial charge in [-0.2, -0.15) is 0 Å².